The number of rotatable bonds is 6. The minimum Gasteiger partial charge on any atom is -0.416 e. The fraction of sp³-hybridized carbons (Fsp3) is 0.947. The summed E-state index contributed by atoms with van der Waals surface area (Å²) in [4.78, 5) is 0. The smallest absolute Gasteiger partial charge is 0.192 e. The lowest BCUT2D eigenvalue weighted by atomic mass is 9.35. The second-order valence-electron chi connectivity index (χ2n) is 21.1. The van der Waals surface area contributed by atoms with Gasteiger partial charge in [0.1, 0.15) is 0 Å². The summed E-state index contributed by atoms with van der Waals surface area (Å²) in [5.74, 6) is 2.00. The van der Waals surface area contributed by atoms with Crippen molar-refractivity contribution in [3.05, 3.63) is 11.3 Å². The molecule has 0 aromatic heterocycles. The zero-order chi connectivity index (χ0) is 33.0. The number of allylic oxidation sites excluding steroid dienone is 1. The van der Waals surface area contributed by atoms with Crippen LogP contribution in [0.4, 0.5) is 0 Å². The Labute approximate surface area is 276 Å². The van der Waals surface area contributed by atoms with Crippen molar-refractivity contribution >= 4 is 24.7 Å². The van der Waals surface area contributed by atoms with Crippen molar-refractivity contribution in [3.8, 4) is 0 Å². The van der Waals surface area contributed by atoms with Crippen molar-refractivity contribution in [2.75, 3.05) is 19.8 Å². The first kappa shape index (κ1) is 35.6. The minimum absolute atomic E-state index is 0.127. The number of fused-ring (bicyclic) bond motifs is 3. The summed E-state index contributed by atoms with van der Waals surface area (Å²) < 4.78 is 21.8. The van der Waals surface area contributed by atoms with Crippen LogP contribution in [0.2, 0.25) is 55.9 Å². The van der Waals surface area contributed by atoms with Crippen LogP contribution in [-0.2, 0) is 13.6 Å². The maximum absolute atomic E-state index is 7.82. The van der Waals surface area contributed by atoms with Gasteiger partial charge in [0.2, 0.25) is 0 Å². The van der Waals surface area contributed by atoms with Crippen LogP contribution >= 0.6 is 0 Å². The summed E-state index contributed by atoms with van der Waals surface area (Å²) in [6, 6.07) is 0. The molecule has 1 aliphatic heterocycles. The summed E-state index contributed by atoms with van der Waals surface area (Å²) in [5, 5.41) is 0.431. The van der Waals surface area contributed by atoms with Gasteiger partial charge in [0, 0.05) is 17.4 Å². The van der Waals surface area contributed by atoms with E-state index in [4.69, 9.17) is 13.6 Å². The van der Waals surface area contributed by atoms with E-state index in [1.165, 1.54) is 51.4 Å². The van der Waals surface area contributed by atoms with Gasteiger partial charge in [0.05, 0.1) is 27.4 Å². The van der Waals surface area contributed by atoms with E-state index in [2.05, 4.69) is 107 Å². The highest BCUT2D eigenvalue weighted by Crippen LogP contribution is 2.75. The van der Waals surface area contributed by atoms with Gasteiger partial charge in [-0.05, 0) is 110 Å². The van der Waals surface area contributed by atoms with Gasteiger partial charge in [-0.3, -0.25) is 0 Å². The van der Waals surface area contributed by atoms with Crippen molar-refractivity contribution in [2.24, 2.45) is 39.4 Å². The Morgan fingerprint density at radius 1 is 0.795 bits per heavy atom. The number of hydrogen-bond donors (Lipinski definition) is 0. The molecule has 3 nitrogen and oxygen atoms in total. The molecule has 0 aromatic carbocycles. The highest BCUT2D eigenvalue weighted by molar-refractivity contribution is 6.81. The molecule has 4 saturated carbocycles. The molecule has 4 aliphatic carbocycles. The average Bonchev–Trinajstić information content (AvgIpc) is 3.17. The van der Waals surface area contributed by atoms with E-state index in [0.717, 1.165) is 19.8 Å². The van der Waals surface area contributed by atoms with Crippen LogP contribution in [-0.4, -0.2) is 50.6 Å². The molecule has 5 aliphatic rings. The molecule has 44 heavy (non-hydrogen) atoms. The SMILES string of the molecule is CC(C)(C)[Si](C)(C)OCC12CCC[C@]3(COC1)[C@H]1CC[C@@]4(C)C(=C[Si](C)(C)C)CC[C@H]4[C@]1(C)[C@@H](O[Si](C)(C)C(C)(C)C)C[C@@H]23. The van der Waals surface area contributed by atoms with Crippen LogP contribution in [0.1, 0.15) is 107 Å². The maximum Gasteiger partial charge on any atom is 0.192 e. The quantitative estimate of drug-likeness (QED) is 0.265. The molecule has 1 saturated heterocycles. The fourth-order valence-corrected chi connectivity index (χ4v) is 15.0. The van der Waals surface area contributed by atoms with E-state index >= 15 is 0 Å². The number of ether oxygens (including phenoxy) is 1. The Hall–Kier alpha value is 0.271. The van der Waals surface area contributed by atoms with Crippen molar-refractivity contribution in [1.29, 1.82) is 0 Å². The van der Waals surface area contributed by atoms with Crippen LogP contribution in [0.15, 0.2) is 11.3 Å². The highest BCUT2D eigenvalue weighted by atomic mass is 28.4. The van der Waals surface area contributed by atoms with Crippen molar-refractivity contribution in [1.82, 2.24) is 0 Å². The van der Waals surface area contributed by atoms with Gasteiger partial charge in [0.15, 0.2) is 16.6 Å². The molecule has 1 heterocycles. The molecule has 5 fully saturated rings. The zero-order valence-corrected chi connectivity index (χ0v) is 34.9. The van der Waals surface area contributed by atoms with Gasteiger partial charge in [0.25, 0.3) is 0 Å². The third-order valence-electron chi connectivity index (χ3n) is 15.4. The van der Waals surface area contributed by atoms with E-state index in [0.29, 0.717) is 29.3 Å². The average molecular weight is 661 g/mol. The van der Waals surface area contributed by atoms with Gasteiger partial charge < -0.3 is 13.6 Å². The topological polar surface area (TPSA) is 27.7 Å². The van der Waals surface area contributed by atoms with E-state index in [-0.39, 0.29) is 26.3 Å². The Balaban J connectivity index is 1.61. The Bertz CT molecular complexity index is 1110. The lowest BCUT2D eigenvalue weighted by Crippen LogP contribution is -2.72. The molecular formula is C38H72O3Si3. The van der Waals surface area contributed by atoms with Gasteiger partial charge in [-0.2, -0.15) is 0 Å². The molecule has 2 bridgehead atoms. The molecule has 0 amide bonds. The fourth-order valence-electron chi connectivity index (χ4n) is 11.0. The van der Waals surface area contributed by atoms with Crippen LogP contribution in [0.3, 0.4) is 0 Å². The Kier molecular flexibility index (Phi) is 8.80. The molecule has 0 radical (unpaired) electrons. The normalized spacial score (nSPS) is 42.6. The van der Waals surface area contributed by atoms with Gasteiger partial charge in [-0.25, -0.2) is 0 Å². The van der Waals surface area contributed by atoms with Crippen LogP contribution in [0, 0.1) is 39.4 Å². The third kappa shape index (κ3) is 5.51. The summed E-state index contributed by atoms with van der Waals surface area (Å²) in [7, 11) is -5.18. The standard InChI is InChI=1S/C38H72O3Si3/c1-33(2,3)43(12,13)40-26-37-20-16-21-38(27-39-25-37)30-19-22-35(7)28(24-42(9,10)11)17-18-29(35)36(30,8)32(23-31(37)38)41-44(14,15)34(4,5)6/h24,29-32H,16-23,25-27H2,1-15H3/t29-,30+,31+,32+,35+,36+,37?,38+/m1/s1. The molecule has 0 spiro atoms. The molecule has 0 aromatic rings. The molecule has 6 heteroatoms. The minimum atomic E-state index is -2.00. The monoisotopic (exact) mass is 660 g/mol. The first-order valence-corrected chi connectivity index (χ1v) is 27.9. The lowest BCUT2D eigenvalue weighted by Gasteiger charge is -2.72. The predicted octanol–water partition coefficient (Wildman–Crippen LogP) is 11.2. The van der Waals surface area contributed by atoms with E-state index in [9.17, 15) is 0 Å². The second kappa shape index (κ2) is 10.9. The first-order chi connectivity index (χ1) is 19.8. The van der Waals surface area contributed by atoms with E-state index in [1.807, 2.05) is 5.57 Å². The van der Waals surface area contributed by atoms with Gasteiger partial charge in [-0.15, -0.1) is 0 Å². The van der Waals surface area contributed by atoms with Crippen LogP contribution < -0.4 is 0 Å². The second-order valence-corrected chi connectivity index (χ2v) is 35.7. The van der Waals surface area contributed by atoms with Crippen LogP contribution in [0.25, 0.3) is 0 Å². The highest BCUT2D eigenvalue weighted by Gasteiger charge is 2.72. The molecule has 1 unspecified atom stereocenters. The summed E-state index contributed by atoms with van der Waals surface area (Å²) in [6.45, 7) is 40.2. The maximum atomic E-state index is 7.82. The van der Waals surface area contributed by atoms with Crippen molar-refractivity contribution in [2.45, 2.75) is 169 Å². The summed E-state index contributed by atoms with van der Waals surface area (Å²) in [6.07, 6.45) is 10.8. The number of hydrogen-bond acceptors (Lipinski definition) is 3. The van der Waals surface area contributed by atoms with Crippen molar-refractivity contribution in [3.63, 3.8) is 0 Å². The molecular weight excluding hydrogens is 589 g/mol. The third-order valence-corrected chi connectivity index (χ3v) is 25.6. The Morgan fingerprint density at radius 3 is 2.02 bits per heavy atom. The first-order valence-electron chi connectivity index (χ1n) is 18.5. The van der Waals surface area contributed by atoms with E-state index in [1.54, 1.807) is 0 Å². The summed E-state index contributed by atoms with van der Waals surface area (Å²) >= 11 is 0. The summed E-state index contributed by atoms with van der Waals surface area (Å²) in [5.41, 5.74) is 5.50. The molecule has 254 valence electrons. The molecule has 5 rings (SSSR count). The molecule has 8 atom stereocenters. The predicted molar refractivity (Wildman–Crippen MR) is 196 cm³/mol. The van der Waals surface area contributed by atoms with Gasteiger partial charge >= 0.3 is 0 Å². The van der Waals surface area contributed by atoms with Gasteiger partial charge in [-0.1, -0.05) is 92.7 Å². The molecule has 0 N–H and O–H groups in total. The van der Waals surface area contributed by atoms with E-state index < -0.39 is 24.7 Å². The zero-order valence-electron chi connectivity index (χ0n) is 31.9. The van der Waals surface area contributed by atoms with Crippen LogP contribution in [0.5, 0.6) is 0 Å². The van der Waals surface area contributed by atoms with Crippen molar-refractivity contribution < 1.29 is 13.6 Å². The largest absolute Gasteiger partial charge is 0.416 e. The lowest BCUT2D eigenvalue weighted by molar-refractivity contribution is -0.287. The Morgan fingerprint density at radius 2 is 1.43 bits per heavy atom.